The fourth-order valence-corrected chi connectivity index (χ4v) is 3.61. The summed E-state index contributed by atoms with van der Waals surface area (Å²) in [6.45, 7) is 2.07. The molecule has 0 fully saturated rings. The molecular formula is C23H19F3N2O3. The number of aromatic nitrogens is 2. The summed E-state index contributed by atoms with van der Waals surface area (Å²) in [7, 11) is 0. The quantitative estimate of drug-likeness (QED) is 0.461. The van der Waals surface area contributed by atoms with Gasteiger partial charge in [0, 0.05) is 34.9 Å². The van der Waals surface area contributed by atoms with Crippen molar-refractivity contribution in [1.82, 2.24) is 9.55 Å². The lowest BCUT2D eigenvalue weighted by Crippen LogP contribution is -2.17. The zero-order valence-electron chi connectivity index (χ0n) is 16.5. The monoisotopic (exact) mass is 428 g/mol. The molecule has 0 aliphatic rings. The molecule has 0 spiro atoms. The predicted molar refractivity (Wildman–Crippen MR) is 110 cm³/mol. The highest BCUT2D eigenvalue weighted by Crippen LogP contribution is 2.35. The van der Waals surface area contributed by atoms with Gasteiger partial charge >= 0.3 is 6.36 Å². The van der Waals surface area contributed by atoms with Crippen molar-refractivity contribution in [2.45, 2.75) is 26.4 Å². The van der Waals surface area contributed by atoms with Crippen LogP contribution < -0.4 is 4.74 Å². The van der Waals surface area contributed by atoms with Gasteiger partial charge in [-0.2, -0.15) is 0 Å². The summed E-state index contributed by atoms with van der Waals surface area (Å²) < 4.78 is 42.5. The number of nitrogens with zero attached hydrogens (tertiary/aromatic N) is 2. The number of benzene rings is 2. The van der Waals surface area contributed by atoms with Gasteiger partial charge < -0.3 is 19.5 Å². The molecule has 160 valence electrons. The summed E-state index contributed by atoms with van der Waals surface area (Å²) in [4.78, 5) is 4.15. The summed E-state index contributed by atoms with van der Waals surface area (Å²) in [6.07, 6.45) is 0.368. The molecule has 0 saturated heterocycles. The molecule has 4 rings (SSSR count). The lowest BCUT2D eigenvalue weighted by atomic mass is 10.00. The van der Waals surface area contributed by atoms with E-state index in [2.05, 4.69) is 9.72 Å². The number of fused-ring (bicyclic) bond motifs is 1. The first-order valence-electron chi connectivity index (χ1n) is 9.46. The average Bonchev–Trinajstić information content (AvgIpc) is 3.04. The van der Waals surface area contributed by atoms with E-state index in [1.165, 1.54) is 24.3 Å². The van der Waals surface area contributed by atoms with Crippen LogP contribution in [0.4, 0.5) is 13.2 Å². The molecule has 0 atom stereocenters. The van der Waals surface area contributed by atoms with E-state index in [1.54, 1.807) is 23.2 Å². The van der Waals surface area contributed by atoms with Crippen molar-refractivity contribution in [2.75, 3.05) is 0 Å². The second kappa shape index (κ2) is 7.96. The predicted octanol–water partition coefficient (Wildman–Crippen LogP) is 5.16. The summed E-state index contributed by atoms with van der Waals surface area (Å²) in [5.74, 6) is -0.214. The van der Waals surface area contributed by atoms with Gasteiger partial charge in [0.2, 0.25) is 0 Å². The summed E-state index contributed by atoms with van der Waals surface area (Å²) in [5, 5.41) is 21.6. The molecule has 4 aromatic rings. The molecule has 31 heavy (non-hydrogen) atoms. The fourth-order valence-electron chi connectivity index (χ4n) is 3.61. The largest absolute Gasteiger partial charge is 0.573 e. The maximum atomic E-state index is 12.3. The number of aliphatic hydroxyl groups excluding tert-OH is 1. The first-order valence-corrected chi connectivity index (χ1v) is 9.46. The maximum Gasteiger partial charge on any atom is 0.573 e. The van der Waals surface area contributed by atoms with Crippen molar-refractivity contribution in [3.63, 3.8) is 0 Å². The number of hydrogen-bond donors (Lipinski definition) is 2. The lowest BCUT2D eigenvalue weighted by molar-refractivity contribution is -0.274. The number of aliphatic hydroxyl groups is 1. The van der Waals surface area contributed by atoms with Gasteiger partial charge in [-0.1, -0.05) is 18.2 Å². The molecule has 2 aromatic heterocycles. The zero-order valence-corrected chi connectivity index (χ0v) is 16.5. The first-order chi connectivity index (χ1) is 14.7. The standard InChI is InChI=1S/C23H19F3N2O3/c1-14-6-17(18-7-16(13-29)9-27-10-18)8-19-12-28(22(30)21(14)19)11-15-2-4-20(5-3-15)31-23(24,25)26/h2-10,12,29-30H,11,13H2,1H3. The van der Waals surface area contributed by atoms with Crippen LogP contribution in [0, 0.1) is 6.92 Å². The van der Waals surface area contributed by atoms with Gasteiger partial charge in [0.15, 0.2) is 5.88 Å². The number of aryl methyl sites for hydroxylation is 1. The van der Waals surface area contributed by atoms with Gasteiger partial charge in [0.25, 0.3) is 0 Å². The van der Waals surface area contributed by atoms with Crippen LogP contribution >= 0.6 is 0 Å². The molecule has 0 bridgehead atoms. The Hall–Kier alpha value is -3.52. The van der Waals surface area contributed by atoms with E-state index in [0.29, 0.717) is 16.5 Å². The van der Waals surface area contributed by atoms with Gasteiger partial charge in [-0.25, -0.2) is 0 Å². The number of aromatic hydroxyl groups is 1. The van der Waals surface area contributed by atoms with Crippen molar-refractivity contribution in [2.24, 2.45) is 0 Å². The minimum Gasteiger partial charge on any atom is -0.494 e. The molecule has 2 heterocycles. The van der Waals surface area contributed by atoms with Crippen molar-refractivity contribution in [3.05, 3.63) is 77.7 Å². The van der Waals surface area contributed by atoms with Gasteiger partial charge in [0.1, 0.15) is 5.75 Å². The van der Waals surface area contributed by atoms with Crippen LogP contribution in [0.5, 0.6) is 11.6 Å². The Morgan fingerprint density at radius 1 is 1.00 bits per heavy atom. The van der Waals surface area contributed by atoms with Crippen LogP contribution in [0.15, 0.2) is 61.1 Å². The topological polar surface area (TPSA) is 67.5 Å². The molecule has 0 saturated carbocycles. The van der Waals surface area contributed by atoms with E-state index in [-0.39, 0.29) is 24.8 Å². The van der Waals surface area contributed by atoms with E-state index in [1.807, 2.05) is 25.1 Å². The normalized spacial score (nSPS) is 11.8. The van der Waals surface area contributed by atoms with E-state index in [4.69, 9.17) is 0 Å². The third-order valence-electron chi connectivity index (χ3n) is 4.98. The number of rotatable bonds is 5. The second-order valence-corrected chi connectivity index (χ2v) is 7.27. The number of alkyl halides is 3. The van der Waals surface area contributed by atoms with Gasteiger partial charge in [-0.15, -0.1) is 13.2 Å². The van der Waals surface area contributed by atoms with Crippen LogP contribution in [-0.2, 0) is 13.2 Å². The van der Waals surface area contributed by atoms with Crippen molar-refractivity contribution < 1.29 is 28.1 Å². The highest BCUT2D eigenvalue weighted by atomic mass is 19.4. The summed E-state index contributed by atoms with van der Waals surface area (Å²) >= 11 is 0. The zero-order chi connectivity index (χ0) is 22.2. The lowest BCUT2D eigenvalue weighted by Gasteiger charge is -2.10. The molecule has 0 radical (unpaired) electrons. The van der Waals surface area contributed by atoms with Gasteiger partial charge in [-0.05, 0) is 53.4 Å². The highest BCUT2D eigenvalue weighted by Gasteiger charge is 2.30. The average molecular weight is 428 g/mol. The third kappa shape index (κ3) is 4.49. The molecule has 2 N–H and O–H groups in total. The van der Waals surface area contributed by atoms with Crippen LogP contribution in [0.1, 0.15) is 16.7 Å². The van der Waals surface area contributed by atoms with Crippen LogP contribution in [0.3, 0.4) is 0 Å². The Morgan fingerprint density at radius 3 is 2.42 bits per heavy atom. The van der Waals surface area contributed by atoms with E-state index in [0.717, 1.165) is 22.1 Å². The first kappa shape index (κ1) is 20.7. The molecule has 2 aromatic carbocycles. The molecule has 5 nitrogen and oxygen atoms in total. The van der Waals surface area contributed by atoms with Gasteiger partial charge in [0.05, 0.1) is 13.2 Å². The Morgan fingerprint density at radius 2 is 1.74 bits per heavy atom. The number of hydrogen-bond acceptors (Lipinski definition) is 4. The molecule has 8 heteroatoms. The summed E-state index contributed by atoms with van der Waals surface area (Å²) in [5.41, 5.74) is 4.03. The molecule has 0 unspecified atom stereocenters. The number of ether oxygens (including phenoxy) is 1. The Labute approximate surface area is 176 Å². The number of pyridine rings is 1. The Bertz CT molecular complexity index is 1230. The van der Waals surface area contributed by atoms with E-state index < -0.39 is 6.36 Å². The summed E-state index contributed by atoms with van der Waals surface area (Å²) in [6, 6.07) is 11.3. The second-order valence-electron chi connectivity index (χ2n) is 7.27. The Balaban J connectivity index is 1.65. The highest BCUT2D eigenvalue weighted by molar-refractivity contribution is 5.94. The minimum absolute atomic E-state index is 0.0805. The van der Waals surface area contributed by atoms with E-state index >= 15 is 0 Å². The molecule has 0 aliphatic heterocycles. The fraction of sp³-hybridized carbons (Fsp3) is 0.174. The van der Waals surface area contributed by atoms with Crippen LogP contribution in [0.25, 0.3) is 21.9 Å². The van der Waals surface area contributed by atoms with E-state index in [9.17, 15) is 23.4 Å². The SMILES string of the molecule is Cc1cc(-c2cncc(CO)c2)cc2cn(Cc3ccc(OC(F)(F)F)cc3)c(O)c12. The third-order valence-corrected chi connectivity index (χ3v) is 4.98. The van der Waals surface area contributed by atoms with Crippen LogP contribution in [-0.4, -0.2) is 26.1 Å². The van der Waals surface area contributed by atoms with Crippen molar-refractivity contribution in [3.8, 4) is 22.8 Å². The smallest absolute Gasteiger partial charge is 0.494 e. The Kier molecular flexibility index (Phi) is 5.32. The maximum absolute atomic E-state index is 12.3. The van der Waals surface area contributed by atoms with Gasteiger partial charge in [-0.3, -0.25) is 4.98 Å². The minimum atomic E-state index is -4.74. The molecule has 0 amide bonds. The van der Waals surface area contributed by atoms with Crippen LogP contribution in [0.2, 0.25) is 0 Å². The number of halogens is 3. The molecule has 0 aliphatic carbocycles. The molecular weight excluding hydrogens is 409 g/mol. The van der Waals surface area contributed by atoms with Crippen molar-refractivity contribution >= 4 is 10.8 Å². The van der Waals surface area contributed by atoms with Crippen molar-refractivity contribution in [1.29, 1.82) is 0 Å².